The van der Waals surface area contributed by atoms with Crippen molar-refractivity contribution in [3.63, 3.8) is 0 Å². The first kappa shape index (κ1) is 21.2. The standard InChI is InChI=1S/C24H33N5O3/c1-16-5-6-18(12-25-16)23(31)26-20-7-9-27(10-8-20)24(32)28-13-17-11-19(15-28)21-3-2-4-22(30)29(21)14-17/h5-6,12,17,19-21H,2-4,7-11,13-15H2,1H3,(H,26,31)/t17-,19-,21-/m1/s1. The Morgan fingerprint density at radius 1 is 1.06 bits per heavy atom. The highest BCUT2D eigenvalue weighted by molar-refractivity contribution is 5.94. The first-order valence-electron chi connectivity index (χ1n) is 12.0. The minimum absolute atomic E-state index is 0.0791. The van der Waals surface area contributed by atoms with Crippen LogP contribution in [0.2, 0.25) is 0 Å². The number of pyridine rings is 1. The molecule has 0 radical (unpaired) electrons. The Hall–Kier alpha value is -2.64. The zero-order valence-corrected chi connectivity index (χ0v) is 18.8. The van der Waals surface area contributed by atoms with Crippen molar-refractivity contribution in [3.8, 4) is 0 Å². The minimum Gasteiger partial charge on any atom is -0.349 e. The second kappa shape index (κ2) is 8.71. The Balaban J connectivity index is 1.14. The van der Waals surface area contributed by atoms with E-state index in [1.165, 1.54) is 0 Å². The molecule has 8 nitrogen and oxygen atoms in total. The maximum atomic E-state index is 13.3. The molecule has 0 unspecified atom stereocenters. The Labute approximate surface area is 189 Å². The Morgan fingerprint density at radius 2 is 1.88 bits per heavy atom. The molecular formula is C24H33N5O3. The number of fused-ring (bicyclic) bond motifs is 4. The first-order valence-corrected chi connectivity index (χ1v) is 12.0. The summed E-state index contributed by atoms with van der Waals surface area (Å²) in [6.07, 6.45) is 7.02. The van der Waals surface area contributed by atoms with Crippen LogP contribution in [0.5, 0.6) is 0 Å². The van der Waals surface area contributed by atoms with Gasteiger partial charge in [-0.15, -0.1) is 0 Å². The molecule has 5 rings (SSSR count). The van der Waals surface area contributed by atoms with E-state index in [9.17, 15) is 14.4 Å². The van der Waals surface area contributed by atoms with Crippen LogP contribution in [0.25, 0.3) is 0 Å². The number of likely N-dealkylation sites (tertiary alicyclic amines) is 2. The zero-order valence-electron chi connectivity index (χ0n) is 18.8. The lowest BCUT2D eigenvalue weighted by Gasteiger charge is -2.53. The van der Waals surface area contributed by atoms with Crippen LogP contribution < -0.4 is 5.32 Å². The normalized spacial score (nSPS) is 28.3. The van der Waals surface area contributed by atoms with E-state index in [4.69, 9.17) is 0 Å². The number of carbonyl (C=O) groups is 3. The van der Waals surface area contributed by atoms with E-state index in [2.05, 4.69) is 15.2 Å². The van der Waals surface area contributed by atoms with E-state index in [1.807, 2.05) is 22.8 Å². The summed E-state index contributed by atoms with van der Waals surface area (Å²) < 4.78 is 0. The van der Waals surface area contributed by atoms with Crippen molar-refractivity contribution in [2.45, 2.75) is 57.5 Å². The van der Waals surface area contributed by atoms with Gasteiger partial charge in [-0.1, -0.05) is 0 Å². The molecule has 4 aliphatic heterocycles. The van der Waals surface area contributed by atoms with Crippen LogP contribution in [0.3, 0.4) is 0 Å². The molecule has 4 saturated heterocycles. The number of aryl methyl sites for hydroxylation is 1. The molecule has 32 heavy (non-hydrogen) atoms. The molecule has 8 heteroatoms. The number of hydrogen-bond acceptors (Lipinski definition) is 4. The second-order valence-electron chi connectivity index (χ2n) is 9.98. The van der Waals surface area contributed by atoms with E-state index in [0.29, 0.717) is 48.9 Å². The summed E-state index contributed by atoms with van der Waals surface area (Å²) >= 11 is 0. The molecule has 4 amide bonds. The van der Waals surface area contributed by atoms with Gasteiger partial charge in [0.15, 0.2) is 0 Å². The van der Waals surface area contributed by atoms with Gasteiger partial charge in [-0.05, 0) is 63.0 Å². The number of carbonyl (C=O) groups excluding carboxylic acids is 3. The van der Waals surface area contributed by atoms with Crippen LogP contribution in [-0.2, 0) is 4.79 Å². The summed E-state index contributed by atoms with van der Waals surface area (Å²) in [6, 6.07) is 4.16. The van der Waals surface area contributed by atoms with Crippen molar-refractivity contribution < 1.29 is 14.4 Å². The van der Waals surface area contributed by atoms with Gasteiger partial charge in [-0.3, -0.25) is 14.6 Å². The smallest absolute Gasteiger partial charge is 0.320 e. The number of aromatic nitrogens is 1. The lowest BCUT2D eigenvalue weighted by atomic mass is 9.76. The number of nitrogens with one attached hydrogen (secondary N) is 1. The number of rotatable bonds is 2. The molecule has 0 saturated carbocycles. The van der Waals surface area contributed by atoms with Crippen LogP contribution in [0.15, 0.2) is 18.3 Å². The molecule has 0 aliphatic carbocycles. The molecular weight excluding hydrogens is 406 g/mol. The highest BCUT2D eigenvalue weighted by Crippen LogP contribution is 2.38. The summed E-state index contributed by atoms with van der Waals surface area (Å²) in [5.74, 6) is 1.02. The van der Waals surface area contributed by atoms with Gasteiger partial charge in [0.25, 0.3) is 5.91 Å². The summed E-state index contributed by atoms with van der Waals surface area (Å²) in [5.41, 5.74) is 1.46. The van der Waals surface area contributed by atoms with Crippen LogP contribution in [0.4, 0.5) is 4.79 Å². The van der Waals surface area contributed by atoms with Gasteiger partial charge in [0.2, 0.25) is 5.91 Å². The van der Waals surface area contributed by atoms with Crippen molar-refractivity contribution in [1.29, 1.82) is 0 Å². The molecule has 2 bridgehead atoms. The fourth-order valence-corrected chi connectivity index (χ4v) is 6.05. The van der Waals surface area contributed by atoms with Crippen molar-refractivity contribution in [3.05, 3.63) is 29.6 Å². The van der Waals surface area contributed by atoms with E-state index in [0.717, 1.165) is 57.4 Å². The number of nitrogens with zero attached hydrogens (tertiary/aromatic N) is 4. The van der Waals surface area contributed by atoms with Gasteiger partial charge in [0.05, 0.1) is 5.56 Å². The van der Waals surface area contributed by atoms with E-state index in [-0.39, 0.29) is 18.0 Å². The topological polar surface area (TPSA) is 85.8 Å². The largest absolute Gasteiger partial charge is 0.349 e. The third-order valence-corrected chi connectivity index (χ3v) is 7.72. The highest BCUT2D eigenvalue weighted by Gasteiger charge is 2.45. The lowest BCUT2D eigenvalue weighted by molar-refractivity contribution is -0.144. The molecule has 5 heterocycles. The van der Waals surface area contributed by atoms with E-state index in [1.54, 1.807) is 12.3 Å². The van der Waals surface area contributed by atoms with Crippen molar-refractivity contribution in [1.82, 2.24) is 25.0 Å². The summed E-state index contributed by atoms with van der Waals surface area (Å²) in [4.78, 5) is 48.4. The maximum Gasteiger partial charge on any atom is 0.320 e. The maximum absolute atomic E-state index is 13.3. The van der Waals surface area contributed by atoms with E-state index < -0.39 is 0 Å². The van der Waals surface area contributed by atoms with Crippen LogP contribution in [0.1, 0.15) is 54.6 Å². The molecule has 0 aromatic carbocycles. The molecule has 0 spiro atoms. The average molecular weight is 440 g/mol. The van der Waals surface area contributed by atoms with Crippen molar-refractivity contribution in [2.75, 3.05) is 32.7 Å². The number of urea groups is 1. The predicted molar refractivity (Wildman–Crippen MR) is 119 cm³/mol. The average Bonchev–Trinajstić information content (AvgIpc) is 2.80. The van der Waals surface area contributed by atoms with Gasteiger partial charge >= 0.3 is 6.03 Å². The summed E-state index contributed by atoms with van der Waals surface area (Å²) in [6.45, 7) is 5.55. The zero-order chi connectivity index (χ0) is 22.2. The van der Waals surface area contributed by atoms with Crippen LogP contribution >= 0.6 is 0 Å². The second-order valence-corrected chi connectivity index (χ2v) is 9.98. The number of amides is 4. The van der Waals surface area contributed by atoms with Crippen LogP contribution in [-0.4, -0.2) is 82.3 Å². The highest BCUT2D eigenvalue weighted by atomic mass is 16.2. The van der Waals surface area contributed by atoms with Crippen LogP contribution in [0, 0.1) is 18.8 Å². The molecule has 172 valence electrons. The number of piperidine rings is 4. The van der Waals surface area contributed by atoms with Crippen molar-refractivity contribution in [2.24, 2.45) is 11.8 Å². The van der Waals surface area contributed by atoms with Gasteiger partial charge in [0.1, 0.15) is 0 Å². The molecule has 1 aromatic heterocycles. The Kier molecular flexibility index (Phi) is 5.78. The van der Waals surface area contributed by atoms with Gasteiger partial charge < -0.3 is 20.0 Å². The predicted octanol–water partition coefficient (Wildman–Crippen LogP) is 2.04. The third kappa shape index (κ3) is 4.19. The Bertz CT molecular complexity index is 880. The minimum atomic E-state index is -0.0993. The molecule has 4 aliphatic rings. The summed E-state index contributed by atoms with van der Waals surface area (Å²) in [5, 5.41) is 3.09. The molecule has 1 N–H and O–H groups in total. The number of hydrogen-bond donors (Lipinski definition) is 1. The monoisotopic (exact) mass is 439 g/mol. The fraction of sp³-hybridized carbons (Fsp3) is 0.667. The molecule has 4 fully saturated rings. The van der Waals surface area contributed by atoms with Crippen molar-refractivity contribution >= 4 is 17.8 Å². The third-order valence-electron chi connectivity index (χ3n) is 7.72. The fourth-order valence-electron chi connectivity index (χ4n) is 6.05. The SMILES string of the molecule is Cc1ccc(C(=O)NC2CCN(C(=O)N3C[C@H]4C[C@H](C3)[C@H]3CCCC(=O)N3C4)CC2)cn1. The van der Waals surface area contributed by atoms with Gasteiger partial charge in [-0.2, -0.15) is 0 Å². The quantitative estimate of drug-likeness (QED) is 0.764. The molecule has 3 atom stereocenters. The Morgan fingerprint density at radius 3 is 2.62 bits per heavy atom. The van der Waals surface area contributed by atoms with E-state index >= 15 is 0 Å². The summed E-state index contributed by atoms with van der Waals surface area (Å²) in [7, 11) is 0. The van der Waals surface area contributed by atoms with Gasteiger partial charge in [0, 0.05) is 63.1 Å². The first-order chi connectivity index (χ1) is 15.5. The van der Waals surface area contributed by atoms with Gasteiger partial charge in [-0.25, -0.2) is 4.79 Å². The lowest BCUT2D eigenvalue weighted by Crippen LogP contribution is -2.62. The molecule has 1 aromatic rings.